The number of anilines is 2. The summed E-state index contributed by atoms with van der Waals surface area (Å²) >= 11 is 17.0. The molecule has 1 heterocycles. The monoisotopic (exact) mass is 466 g/mol. The van der Waals surface area contributed by atoms with Gasteiger partial charge in [-0.2, -0.15) is 0 Å². The number of amides is 2. The fraction of sp³-hybridized carbons (Fsp3) is 0.333. The number of thiocarbonyl (C=S) groups is 1. The number of nitrogens with zero attached hydrogens (tertiary/aromatic N) is 2. The molecule has 6 nitrogen and oxygen atoms in total. The summed E-state index contributed by atoms with van der Waals surface area (Å²) in [5.41, 5.74) is 6.99. The van der Waals surface area contributed by atoms with Gasteiger partial charge >= 0.3 is 6.03 Å². The molecule has 0 aromatic heterocycles. The summed E-state index contributed by atoms with van der Waals surface area (Å²) in [4.78, 5) is 16.2. The van der Waals surface area contributed by atoms with Crippen LogP contribution in [0.3, 0.4) is 0 Å². The standard InChI is InChI=1S/C21H24Cl2N4O2S/c22-15-7-8-19(18(23)13-15)27-11-10-26(21(27)28)9-2-1-3-12-29-17-6-4-5-16(14-17)25-20(24)30/h4-8,13-14H,1-3,9-12H2,(H3,24,25,30). The lowest BCUT2D eigenvalue weighted by Gasteiger charge is -2.19. The van der Waals surface area contributed by atoms with Crippen molar-refractivity contribution in [1.82, 2.24) is 4.90 Å². The third-order valence-electron chi connectivity index (χ3n) is 4.74. The Morgan fingerprint density at radius 1 is 1.13 bits per heavy atom. The van der Waals surface area contributed by atoms with E-state index in [1.54, 1.807) is 23.1 Å². The summed E-state index contributed by atoms with van der Waals surface area (Å²) in [6, 6.07) is 12.7. The molecule has 9 heteroatoms. The van der Waals surface area contributed by atoms with Crippen molar-refractivity contribution in [3.8, 4) is 5.75 Å². The molecule has 0 bridgehead atoms. The zero-order chi connectivity index (χ0) is 21.5. The first-order valence-electron chi connectivity index (χ1n) is 9.75. The van der Waals surface area contributed by atoms with E-state index in [0.717, 1.165) is 30.7 Å². The molecule has 0 unspecified atom stereocenters. The van der Waals surface area contributed by atoms with Crippen molar-refractivity contribution in [1.29, 1.82) is 0 Å². The van der Waals surface area contributed by atoms with Gasteiger partial charge in [-0.15, -0.1) is 0 Å². The van der Waals surface area contributed by atoms with Crippen molar-refractivity contribution < 1.29 is 9.53 Å². The van der Waals surface area contributed by atoms with Crippen LogP contribution in [0.4, 0.5) is 16.2 Å². The number of hydrogen-bond acceptors (Lipinski definition) is 3. The van der Waals surface area contributed by atoms with Gasteiger partial charge in [0.15, 0.2) is 5.11 Å². The Bertz CT molecular complexity index is 912. The van der Waals surface area contributed by atoms with Gasteiger partial charge in [0.25, 0.3) is 0 Å². The molecule has 1 aliphatic rings. The maximum absolute atomic E-state index is 12.7. The lowest BCUT2D eigenvalue weighted by atomic mass is 10.2. The molecule has 2 amide bonds. The van der Waals surface area contributed by atoms with Gasteiger partial charge in [0.2, 0.25) is 0 Å². The van der Waals surface area contributed by atoms with Gasteiger partial charge in [0.1, 0.15) is 5.75 Å². The second-order valence-corrected chi connectivity index (χ2v) is 8.23. The molecule has 0 saturated carbocycles. The summed E-state index contributed by atoms with van der Waals surface area (Å²) in [6.45, 7) is 2.64. The molecule has 30 heavy (non-hydrogen) atoms. The molecule has 1 saturated heterocycles. The highest BCUT2D eigenvalue weighted by atomic mass is 35.5. The average molecular weight is 467 g/mol. The highest BCUT2D eigenvalue weighted by Crippen LogP contribution is 2.31. The molecule has 2 aromatic carbocycles. The number of hydrogen-bond donors (Lipinski definition) is 2. The number of halogens is 2. The number of carbonyl (C=O) groups excluding carboxylic acids is 1. The lowest BCUT2D eigenvalue weighted by Crippen LogP contribution is -2.32. The zero-order valence-corrected chi connectivity index (χ0v) is 18.8. The van der Waals surface area contributed by atoms with Crippen molar-refractivity contribution in [2.45, 2.75) is 19.3 Å². The quantitative estimate of drug-likeness (QED) is 0.395. The van der Waals surface area contributed by atoms with Gasteiger partial charge in [-0.3, -0.25) is 4.90 Å². The minimum atomic E-state index is -0.0161. The van der Waals surface area contributed by atoms with Crippen LogP contribution in [0.2, 0.25) is 10.0 Å². The average Bonchev–Trinajstić information content (AvgIpc) is 3.05. The van der Waals surface area contributed by atoms with Crippen LogP contribution in [0, 0.1) is 0 Å². The smallest absolute Gasteiger partial charge is 0.324 e. The third-order valence-corrected chi connectivity index (χ3v) is 5.38. The van der Waals surface area contributed by atoms with Gasteiger partial charge in [0, 0.05) is 36.4 Å². The van der Waals surface area contributed by atoms with Crippen molar-refractivity contribution in [2.75, 3.05) is 36.5 Å². The summed E-state index contributed by atoms with van der Waals surface area (Å²) < 4.78 is 5.78. The number of unbranched alkanes of at least 4 members (excludes halogenated alkanes) is 2. The van der Waals surface area contributed by atoms with Crippen LogP contribution in [-0.4, -0.2) is 42.3 Å². The van der Waals surface area contributed by atoms with E-state index in [0.29, 0.717) is 42.0 Å². The second kappa shape index (κ2) is 10.7. The van der Waals surface area contributed by atoms with Crippen molar-refractivity contribution in [2.24, 2.45) is 5.73 Å². The first kappa shape index (κ1) is 22.5. The molecular formula is C21H24Cl2N4O2S. The SMILES string of the molecule is NC(=S)Nc1cccc(OCCCCCN2CCN(c3ccc(Cl)cc3Cl)C2=O)c1. The predicted octanol–water partition coefficient (Wildman–Crippen LogP) is 5.14. The topological polar surface area (TPSA) is 70.8 Å². The van der Waals surface area contributed by atoms with Gasteiger partial charge in [-0.05, 0) is 61.8 Å². The van der Waals surface area contributed by atoms with Crippen LogP contribution < -0.4 is 20.7 Å². The molecular weight excluding hydrogens is 443 g/mol. The minimum absolute atomic E-state index is 0.0161. The van der Waals surface area contributed by atoms with Crippen LogP contribution in [0.5, 0.6) is 5.75 Å². The number of nitrogens with one attached hydrogen (secondary N) is 1. The van der Waals surface area contributed by atoms with Gasteiger partial charge < -0.3 is 20.7 Å². The maximum Gasteiger partial charge on any atom is 0.324 e. The Morgan fingerprint density at radius 3 is 2.73 bits per heavy atom. The first-order chi connectivity index (χ1) is 14.4. The molecule has 160 valence electrons. The van der Waals surface area contributed by atoms with E-state index in [2.05, 4.69) is 5.32 Å². The number of benzene rings is 2. The van der Waals surface area contributed by atoms with Crippen LogP contribution in [0.25, 0.3) is 0 Å². The summed E-state index contributed by atoms with van der Waals surface area (Å²) in [5, 5.41) is 4.15. The molecule has 0 atom stereocenters. The Hall–Kier alpha value is -2.22. The number of urea groups is 1. The first-order valence-corrected chi connectivity index (χ1v) is 10.9. The number of rotatable bonds is 9. The molecule has 3 rings (SSSR count). The molecule has 3 N–H and O–H groups in total. The highest BCUT2D eigenvalue weighted by molar-refractivity contribution is 7.80. The van der Waals surface area contributed by atoms with Crippen LogP contribution in [0.1, 0.15) is 19.3 Å². The van der Waals surface area contributed by atoms with Crippen molar-refractivity contribution >= 4 is 57.9 Å². The number of nitrogens with two attached hydrogens (primary N) is 1. The van der Waals surface area contributed by atoms with Crippen molar-refractivity contribution in [3.05, 3.63) is 52.5 Å². The Morgan fingerprint density at radius 2 is 1.97 bits per heavy atom. The van der Waals surface area contributed by atoms with E-state index in [9.17, 15) is 4.79 Å². The molecule has 0 spiro atoms. The van der Waals surface area contributed by atoms with Crippen LogP contribution in [0.15, 0.2) is 42.5 Å². The molecule has 2 aromatic rings. The fourth-order valence-corrected chi connectivity index (χ4v) is 3.92. The molecule has 0 radical (unpaired) electrons. The Labute approximate surface area is 191 Å². The van der Waals surface area contributed by atoms with E-state index in [4.69, 9.17) is 45.9 Å². The van der Waals surface area contributed by atoms with E-state index in [1.807, 2.05) is 29.2 Å². The maximum atomic E-state index is 12.7. The molecule has 1 aliphatic heterocycles. The van der Waals surface area contributed by atoms with E-state index >= 15 is 0 Å². The minimum Gasteiger partial charge on any atom is -0.494 e. The summed E-state index contributed by atoms with van der Waals surface area (Å²) in [5.74, 6) is 0.765. The van der Waals surface area contributed by atoms with E-state index in [-0.39, 0.29) is 11.1 Å². The zero-order valence-electron chi connectivity index (χ0n) is 16.4. The van der Waals surface area contributed by atoms with Gasteiger partial charge in [-0.25, -0.2) is 4.79 Å². The summed E-state index contributed by atoms with van der Waals surface area (Å²) in [6.07, 6.45) is 2.79. The van der Waals surface area contributed by atoms with E-state index in [1.165, 1.54) is 0 Å². The molecule has 1 fully saturated rings. The fourth-order valence-electron chi connectivity index (χ4n) is 3.29. The van der Waals surface area contributed by atoms with Crippen molar-refractivity contribution in [3.63, 3.8) is 0 Å². The highest BCUT2D eigenvalue weighted by Gasteiger charge is 2.30. The number of carbonyl (C=O) groups is 1. The largest absolute Gasteiger partial charge is 0.494 e. The lowest BCUT2D eigenvalue weighted by molar-refractivity contribution is 0.219. The Balaban J connectivity index is 1.37. The Kier molecular flexibility index (Phi) is 8.01. The van der Waals surface area contributed by atoms with Gasteiger partial charge in [0.05, 0.1) is 17.3 Å². The van der Waals surface area contributed by atoms with Crippen LogP contribution >= 0.6 is 35.4 Å². The van der Waals surface area contributed by atoms with Crippen LogP contribution in [-0.2, 0) is 0 Å². The second-order valence-electron chi connectivity index (χ2n) is 6.94. The summed E-state index contributed by atoms with van der Waals surface area (Å²) in [7, 11) is 0. The number of ether oxygens (including phenoxy) is 1. The van der Waals surface area contributed by atoms with E-state index < -0.39 is 0 Å². The molecule has 0 aliphatic carbocycles. The normalized spacial score (nSPS) is 13.6. The predicted molar refractivity (Wildman–Crippen MR) is 127 cm³/mol. The third kappa shape index (κ3) is 6.14. The van der Waals surface area contributed by atoms with Gasteiger partial charge in [-0.1, -0.05) is 29.3 Å².